The largest absolute Gasteiger partial charge is 0.330 e. The van der Waals surface area contributed by atoms with Gasteiger partial charge in [-0.15, -0.1) is 10.2 Å². The molecule has 0 aliphatic rings. The zero-order valence-electron chi connectivity index (χ0n) is 12.3. The average Bonchev–Trinajstić information content (AvgIpc) is 3.02. The van der Waals surface area contributed by atoms with Crippen molar-refractivity contribution in [2.75, 3.05) is 5.32 Å². The quantitative estimate of drug-likeness (QED) is 0.730. The van der Waals surface area contributed by atoms with Crippen molar-refractivity contribution in [3.63, 3.8) is 0 Å². The van der Waals surface area contributed by atoms with Gasteiger partial charge >= 0.3 is 0 Å². The van der Waals surface area contributed by atoms with Gasteiger partial charge in [0.05, 0.1) is 4.90 Å². The summed E-state index contributed by atoms with van der Waals surface area (Å²) in [6.07, 6.45) is 0. The number of aromatic nitrogens is 2. The summed E-state index contributed by atoms with van der Waals surface area (Å²) >= 11 is 7.16. The molecule has 3 rings (SSSR count). The second-order valence-corrected chi connectivity index (χ2v) is 8.09. The van der Waals surface area contributed by atoms with Crippen LogP contribution in [0.25, 0.3) is 0 Å². The molecule has 1 aromatic heterocycles. The van der Waals surface area contributed by atoms with Gasteiger partial charge in [0, 0.05) is 10.7 Å². The van der Waals surface area contributed by atoms with Gasteiger partial charge in [0.2, 0.25) is 15.0 Å². The van der Waals surface area contributed by atoms with Crippen molar-refractivity contribution in [1.29, 1.82) is 0 Å². The van der Waals surface area contributed by atoms with Crippen molar-refractivity contribution in [2.45, 2.75) is 16.7 Å². The standard InChI is InChI=1S/C15H11ClFN3O2S2/c1-9-6-11(3-4-12(9)16)24(21,22)14-5-2-10(7-13(14)17)19-15-20-18-8-23-15/h2-8H,1H3,(H,19,20). The Morgan fingerprint density at radius 1 is 1.21 bits per heavy atom. The lowest BCUT2D eigenvalue weighted by Gasteiger charge is -2.09. The van der Waals surface area contributed by atoms with Crippen molar-refractivity contribution < 1.29 is 12.8 Å². The van der Waals surface area contributed by atoms with Gasteiger partial charge in [-0.05, 0) is 48.9 Å². The number of hydrogen-bond donors (Lipinski definition) is 1. The number of sulfone groups is 1. The fourth-order valence-corrected chi connectivity index (χ4v) is 4.04. The van der Waals surface area contributed by atoms with Crippen LogP contribution in [-0.4, -0.2) is 18.6 Å². The molecule has 0 radical (unpaired) electrons. The van der Waals surface area contributed by atoms with Crippen molar-refractivity contribution in [1.82, 2.24) is 10.2 Å². The van der Waals surface area contributed by atoms with E-state index in [9.17, 15) is 12.8 Å². The normalized spacial score (nSPS) is 11.5. The molecule has 0 amide bonds. The molecule has 0 bridgehead atoms. The minimum absolute atomic E-state index is 0.00636. The molecule has 0 aliphatic carbocycles. The van der Waals surface area contributed by atoms with E-state index < -0.39 is 20.5 Å². The lowest BCUT2D eigenvalue weighted by Crippen LogP contribution is -2.05. The second-order valence-electron chi connectivity index (χ2n) is 4.93. The van der Waals surface area contributed by atoms with Gasteiger partial charge in [-0.25, -0.2) is 12.8 Å². The van der Waals surface area contributed by atoms with Crippen molar-refractivity contribution in [3.05, 3.63) is 58.3 Å². The Morgan fingerprint density at radius 3 is 2.62 bits per heavy atom. The fraction of sp³-hybridized carbons (Fsp3) is 0.0667. The molecule has 9 heteroatoms. The Kier molecular flexibility index (Phi) is 4.53. The Balaban J connectivity index is 1.97. The van der Waals surface area contributed by atoms with Gasteiger partial charge in [-0.2, -0.15) is 0 Å². The zero-order valence-corrected chi connectivity index (χ0v) is 14.7. The topological polar surface area (TPSA) is 72.0 Å². The summed E-state index contributed by atoms with van der Waals surface area (Å²) < 4.78 is 39.6. The highest BCUT2D eigenvalue weighted by Crippen LogP contribution is 2.29. The van der Waals surface area contributed by atoms with Gasteiger partial charge in [0.15, 0.2) is 0 Å². The number of aryl methyl sites for hydroxylation is 1. The number of nitrogens with zero attached hydrogens (tertiary/aromatic N) is 2. The molecular weight excluding hydrogens is 373 g/mol. The highest BCUT2D eigenvalue weighted by molar-refractivity contribution is 7.91. The molecule has 2 aromatic carbocycles. The predicted octanol–water partition coefficient (Wildman–Crippen LogP) is 4.22. The van der Waals surface area contributed by atoms with Crippen LogP contribution in [0.15, 0.2) is 51.7 Å². The molecule has 0 aliphatic heterocycles. The smallest absolute Gasteiger partial charge is 0.209 e. The second kappa shape index (κ2) is 6.46. The maximum atomic E-state index is 14.4. The molecule has 0 saturated carbocycles. The van der Waals surface area contributed by atoms with E-state index in [1.807, 2.05) is 0 Å². The molecule has 124 valence electrons. The van der Waals surface area contributed by atoms with E-state index in [0.29, 0.717) is 21.4 Å². The molecule has 5 nitrogen and oxygen atoms in total. The van der Waals surface area contributed by atoms with Crippen LogP contribution >= 0.6 is 22.9 Å². The highest BCUT2D eigenvalue weighted by Gasteiger charge is 2.22. The summed E-state index contributed by atoms with van der Waals surface area (Å²) in [5, 5.41) is 11.2. The van der Waals surface area contributed by atoms with Crippen molar-refractivity contribution >= 4 is 43.6 Å². The molecule has 1 heterocycles. The summed E-state index contributed by atoms with van der Waals surface area (Å²) in [6, 6.07) is 8.06. The average molecular weight is 384 g/mol. The molecule has 0 saturated heterocycles. The summed E-state index contributed by atoms with van der Waals surface area (Å²) in [7, 11) is -3.97. The van der Waals surface area contributed by atoms with E-state index >= 15 is 0 Å². The Labute approximate surface area is 147 Å². The molecule has 3 aromatic rings. The number of anilines is 2. The van der Waals surface area contributed by atoms with Crippen LogP contribution in [0.1, 0.15) is 5.56 Å². The Bertz CT molecular complexity index is 992. The Morgan fingerprint density at radius 2 is 2.00 bits per heavy atom. The van der Waals surface area contributed by atoms with Crippen LogP contribution in [0.4, 0.5) is 15.2 Å². The number of benzene rings is 2. The molecule has 0 unspecified atom stereocenters. The van der Waals surface area contributed by atoms with Gasteiger partial charge in [-0.3, -0.25) is 0 Å². The van der Waals surface area contributed by atoms with Crippen LogP contribution in [0.5, 0.6) is 0 Å². The molecule has 0 atom stereocenters. The van der Waals surface area contributed by atoms with E-state index in [2.05, 4.69) is 15.5 Å². The summed E-state index contributed by atoms with van der Waals surface area (Å²) in [4.78, 5) is -0.403. The van der Waals surface area contributed by atoms with Crippen molar-refractivity contribution in [3.8, 4) is 0 Å². The Hall–Kier alpha value is -2.03. The number of hydrogen-bond acceptors (Lipinski definition) is 6. The lowest BCUT2D eigenvalue weighted by molar-refractivity contribution is 0.567. The van der Waals surface area contributed by atoms with E-state index in [1.165, 1.54) is 47.2 Å². The first kappa shape index (κ1) is 16.8. The number of rotatable bonds is 4. The van der Waals surface area contributed by atoms with E-state index in [4.69, 9.17) is 11.6 Å². The van der Waals surface area contributed by atoms with Crippen LogP contribution in [0.2, 0.25) is 5.02 Å². The number of nitrogens with one attached hydrogen (secondary N) is 1. The first-order valence-corrected chi connectivity index (χ1v) is 9.46. The first-order valence-electron chi connectivity index (χ1n) is 6.72. The van der Waals surface area contributed by atoms with E-state index in [0.717, 1.165) is 6.07 Å². The van der Waals surface area contributed by atoms with Gasteiger partial charge < -0.3 is 5.32 Å². The third kappa shape index (κ3) is 3.26. The van der Waals surface area contributed by atoms with Crippen LogP contribution in [0.3, 0.4) is 0 Å². The minimum Gasteiger partial charge on any atom is -0.330 e. The molecule has 24 heavy (non-hydrogen) atoms. The summed E-state index contributed by atoms with van der Waals surface area (Å²) in [5.74, 6) is -0.850. The molecule has 1 N–H and O–H groups in total. The number of halogens is 2. The van der Waals surface area contributed by atoms with Gasteiger partial charge in [0.25, 0.3) is 0 Å². The maximum absolute atomic E-state index is 14.4. The summed E-state index contributed by atoms with van der Waals surface area (Å²) in [6.45, 7) is 1.69. The fourth-order valence-electron chi connectivity index (χ4n) is 2.06. The third-order valence-corrected chi connectivity index (χ3v) is 6.09. The lowest BCUT2D eigenvalue weighted by atomic mass is 10.2. The predicted molar refractivity (Wildman–Crippen MR) is 91.2 cm³/mol. The zero-order chi connectivity index (χ0) is 17.3. The maximum Gasteiger partial charge on any atom is 0.209 e. The minimum atomic E-state index is -3.97. The SMILES string of the molecule is Cc1cc(S(=O)(=O)c2ccc(Nc3nncs3)cc2F)ccc1Cl. The van der Waals surface area contributed by atoms with E-state index in [-0.39, 0.29) is 4.90 Å². The third-order valence-electron chi connectivity index (χ3n) is 3.27. The van der Waals surface area contributed by atoms with Gasteiger partial charge in [0.1, 0.15) is 16.2 Å². The summed E-state index contributed by atoms with van der Waals surface area (Å²) in [5.41, 5.74) is 2.52. The molecular formula is C15H11ClFN3O2S2. The highest BCUT2D eigenvalue weighted by atomic mass is 35.5. The van der Waals surface area contributed by atoms with Crippen LogP contribution < -0.4 is 5.32 Å². The van der Waals surface area contributed by atoms with Crippen LogP contribution in [0, 0.1) is 12.7 Å². The van der Waals surface area contributed by atoms with Crippen LogP contribution in [-0.2, 0) is 9.84 Å². The monoisotopic (exact) mass is 383 g/mol. The van der Waals surface area contributed by atoms with Gasteiger partial charge in [-0.1, -0.05) is 22.9 Å². The molecule has 0 fully saturated rings. The molecule has 0 spiro atoms. The van der Waals surface area contributed by atoms with E-state index in [1.54, 1.807) is 6.92 Å². The first-order chi connectivity index (χ1) is 11.4. The van der Waals surface area contributed by atoms with Crippen molar-refractivity contribution in [2.24, 2.45) is 0 Å².